The second-order valence-electron chi connectivity index (χ2n) is 3.97. The highest BCUT2D eigenvalue weighted by atomic mass is 16.2. The Balaban J connectivity index is 0.000000337. The number of fused-ring (bicyclic) bond motifs is 1. The smallest absolute Gasteiger partial charge is 0.231 e. The molecule has 1 aliphatic rings. The van der Waals surface area contributed by atoms with Gasteiger partial charge in [0.15, 0.2) is 0 Å². The number of anilines is 1. The number of hydrogen-bond donors (Lipinski definition) is 0. The van der Waals surface area contributed by atoms with Crippen LogP contribution in [0.3, 0.4) is 0 Å². The van der Waals surface area contributed by atoms with Crippen molar-refractivity contribution in [1.82, 2.24) is 0 Å². The van der Waals surface area contributed by atoms with Crippen molar-refractivity contribution in [3.63, 3.8) is 0 Å². The standard InChI is InChI=1S/C10H11NO.C3H8/c1-7-3-4-9-8(5-7)6-10(12)11(9)2;1-3-2/h3-5H,6H2,1-2H3;3H2,1-2H3. The average molecular weight is 205 g/mol. The SMILES string of the molecule is CCC.Cc1ccc2c(c1)CC(=O)N2C. The third kappa shape index (κ3) is 2.58. The summed E-state index contributed by atoms with van der Waals surface area (Å²) in [5, 5.41) is 0. The molecule has 0 aliphatic carbocycles. The number of aryl methyl sites for hydroxylation is 1. The van der Waals surface area contributed by atoms with Gasteiger partial charge in [-0.05, 0) is 18.6 Å². The zero-order valence-corrected chi connectivity index (χ0v) is 10.0. The molecule has 0 N–H and O–H groups in total. The molecule has 0 spiro atoms. The van der Waals surface area contributed by atoms with Crippen molar-refractivity contribution in [1.29, 1.82) is 0 Å². The minimum absolute atomic E-state index is 0.190. The minimum Gasteiger partial charge on any atom is -0.315 e. The van der Waals surface area contributed by atoms with Crippen LogP contribution in [0.1, 0.15) is 31.4 Å². The van der Waals surface area contributed by atoms with Crippen LogP contribution in [0.25, 0.3) is 0 Å². The molecule has 1 heterocycles. The molecule has 0 radical (unpaired) electrons. The van der Waals surface area contributed by atoms with Crippen molar-refractivity contribution in [2.75, 3.05) is 11.9 Å². The molecule has 0 saturated carbocycles. The molecule has 0 atom stereocenters. The number of likely N-dealkylation sites (N-methyl/N-ethyl adjacent to an activating group) is 1. The summed E-state index contributed by atoms with van der Waals surface area (Å²) in [4.78, 5) is 13.0. The van der Waals surface area contributed by atoms with Gasteiger partial charge in [0, 0.05) is 12.7 Å². The van der Waals surface area contributed by atoms with E-state index in [0.717, 1.165) is 11.3 Å². The number of nitrogens with zero attached hydrogens (tertiary/aromatic N) is 1. The van der Waals surface area contributed by atoms with Crippen LogP contribution in [0, 0.1) is 6.92 Å². The third-order valence-electron chi connectivity index (χ3n) is 2.31. The fraction of sp³-hybridized carbons (Fsp3) is 0.462. The predicted molar refractivity (Wildman–Crippen MR) is 64.3 cm³/mol. The highest BCUT2D eigenvalue weighted by Crippen LogP contribution is 2.27. The molecule has 0 aromatic heterocycles. The molecule has 0 unspecified atom stereocenters. The lowest BCUT2D eigenvalue weighted by Crippen LogP contribution is -2.20. The summed E-state index contributed by atoms with van der Waals surface area (Å²) in [5.74, 6) is 0.190. The van der Waals surface area contributed by atoms with Crippen LogP contribution in [0.15, 0.2) is 18.2 Å². The lowest BCUT2D eigenvalue weighted by molar-refractivity contribution is -0.117. The van der Waals surface area contributed by atoms with E-state index in [4.69, 9.17) is 0 Å². The molecule has 1 aliphatic heterocycles. The molecule has 2 heteroatoms. The summed E-state index contributed by atoms with van der Waals surface area (Å²) < 4.78 is 0. The fourth-order valence-corrected chi connectivity index (χ4v) is 1.60. The lowest BCUT2D eigenvalue weighted by atomic mass is 10.1. The number of carbonyl (C=O) groups excluding carboxylic acids is 1. The Bertz CT molecular complexity index is 358. The van der Waals surface area contributed by atoms with Gasteiger partial charge in [-0.1, -0.05) is 38.0 Å². The van der Waals surface area contributed by atoms with Gasteiger partial charge in [0.2, 0.25) is 5.91 Å². The van der Waals surface area contributed by atoms with Crippen molar-refractivity contribution in [2.45, 2.75) is 33.6 Å². The zero-order valence-electron chi connectivity index (χ0n) is 10.0. The summed E-state index contributed by atoms with van der Waals surface area (Å²) in [6.45, 7) is 6.29. The van der Waals surface area contributed by atoms with Gasteiger partial charge < -0.3 is 4.90 Å². The maximum atomic E-state index is 11.3. The highest BCUT2D eigenvalue weighted by Gasteiger charge is 2.23. The first-order valence-corrected chi connectivity index (χ1v) is 5.46. The topological polar surface area (TPSA) is 20.3 Å². The van der Waals surface area contributed by atoms with Crippen molar-refractivity contribution in [3.8, 4) is 0 Å². The van der Waals surface area contributed by atoms with Gasteiger partial charge in [-0.25, -0.2) is 0 Å². The van der Waals surface area contributed by atoms with Crippen LogP contribution < -0.4 is 4.90 Å². The molecule has 0 bridgehead atoms. The van der Waals surface area contributed by atoms with E-state index in [-0.39, 0.29) is 5.91 Å². The van der Waals surface area contributed by atoms with Crippen LogP contribution in [-0.4, -0.2) is 13.0 Å². The fourth-order valence-electron chi connectivity index (χ4n) is 1.60. The third-order valence-corrected chi connectivity index (χ3v) is 2.31. The Kier molecular flexibility index (Phi) is 3.89. The number of rotatable bonds is 0. The molecule has 2 nitrogen and oxygen atoms in total. The number of carbonyl (C=O) groups is 1. The molecule has 1 amide bonds. The molecule has 15 heavy (non-hydrogen) atoms. The van der Waals surface area contributed by atoms with E-state index < -0.39 is 0 Å². The van der Waals surface area contributed by atoms with E-state index in [9.17, 15) is 4.79 Å². The van der Waals surface area contributed by atoms with Gasteiger partial charge in [-0.2, -0.15) is 0 Å². The van der Waals surface area contributed by atoms with Crippen LogP contribution in [0.4, 0.5) is 5.69 Å². The first-order valence-electron chi connectivity index (χ1n) is 5.46. The maximum Gasteiger partial charge on any atom is 0.231 e. The Morgan fingerprint density at radius 1 is 1.33 bits per heavy atom. The van der Waals surface area contributed by atoms with Crippen LogP contribution in [0.2, 0.25) is 0 Å². The number of amides is 1. The van der Waals surface area contributed by atoms with E-state index in [2.05, 4.69) is 19.9 Å². The highest BCUT2D eigenvalue weighted by molar-refractivity contribution is 6.00. The van der Waals surface area contributed by atoms with Crippen molar-refractivity contribution in [3.05, 3.63) is 29.3 Å². The summed E-state index contributed by atoms with van der Waals surface area (Å²) >= 11 is 0. The van der Waals surface area contributed by atoms with E-state index in [1.165, 1.54) is 12.0 Å². The van der Waals surface area contributed by atoms with E-state index >= 15 is 0 Å². The van der Waals surface area contributed by atoms with Gasteiger partial charge in [-0.15, -0.1) is 0 Å². The first kappa shape index (κ1) is 11.8. The van der Waals surface area contributed by atoms with Gasteiger partial charge in [0.1, 0.15) is 0 Å². The quantitative estimate of drug-likeness (QED) is 0.637. The van der Waals surface area contributed by atoms with Crippen LogP contribution >= 0.6 is 0 Å². The van der Waals surface area contributed by atoms with Gasteiger partial charge in [-0.3, -0.25) is 4.79 Å². The second-order valence-corrected chi connectivity index (χ2v) is 3.97. The Morgan fingerprint density at radius 3 is 2.53 bits per heavy atom. The number of benzene rings is 1. The Hall–Kier alpha value is -1.31. The average Bonchev–Trinajstić information content (AvgIpc) is 2.43. The monoisotopic (exact) mass is 205 g/mol. The lowest BCUT2D eigenvalue weighted by Gasteiger charge is -2.09. The normalized spacial score (nSPS) is 13.3. The van der Waals surface area contributed by atoms with E-state index in [1.807, 2.05) is 26.1 Å². The second kappa shape index (κ2) is 4.96. The van der Waals surface area contributed by atoms with Gasteiger partial charge in [0.25, 0.3) is 0 Å². The molecule has 1 aromatic carbocycles. The van der Waals surface area contributed by atoms with E-state index in [0.29, 0.717) is 6.42 Å². The summed E-state index contributed by atoms with van der Waals surface area (Å²) in [7, 11) is 1.82. The molecule has 2 rings (SSSR count). The Labute approximate surface area is 91.9 Å². The maximum absolute atomic E-state index is 11.3. The van der Waals surface area contributed by atoms with Gasteiger partial charge >= 0.3 is 0 Å². The molecular weight excluding hydrogens is 186 g/mol. The minimum atomic E-state index is 0.190. The van der Waals surface area contributed by atoms with Crippen LogP contribution in [0.5, 0.6) is 0 Å². The zero-order chi connectivity index (χ0) is 11.4. The Morgan fingerprint density at radius 2 is 1.93 bits per heavy atom. The predicted octanol–water partition coefficient (Wildman–Crippen LogP) is 2.93. The summed E-state index contributed by atoms with van der Waals surface area (Å²) in [6.07, 6.45) is 1.81. The van der Waals surface area contributed by atoms with Crippen molar-refractivity contribution in [2.24, 2.45) is 0 Å². The summed E-state index contributed by atoms with van der Waals surface area (Å²) in [6, 6.07) is 6.13. The van der Waals surface area contributed by atoms with Crippen molar-refractivity contribution >= 4 is 11.6 Å². The van der Waals surface area contributed by atoms with E-state index in [1.54, 1.807) is 4.90 Å². The van der Waals surface area contributed by atoms with Crippen LogP contribution in [-0.2, 0) is 11.2 Å². The number of hydrogen-bond acceptors (Lipinski definition) is 1. The molecule has 0 fully saturated rings. The first-order chi connectivity index (χ1) is 7.10. The largest absolute Gasteiger partial charge is 0.315 e. The molecule has 0 saturated heterocycles. The molecule has 82 valence electrons. The summed E-state index contributed by atoms with van der Waals surface area (Å²) in [5.41, 5.74) is 3.44. The van der Waals surface area contributed by atoms with Crippen molar-refractivity contribution < 1.29 is 4.79 Å². The molecule has 1 aromatic rings. The van der Waals surface area contributed by atoms with Gasteiger partial charge in [0.05, 0.1) is 6.42 Å². The molecular formula is C13H19NO.